The molecule has 0 spiro atoms. The lowest BCUT2D eigenvalue weighted by atomic mass is 10.1. The van der Waals surface area contributed by atoms with Crippen LogP contribution in [0, 0.1) is 11.3 Å². The van der Waals surface area contributed by atoms with Gasteiger partial charge in [-0.1, -0.05) is 11.6 Å². The van der Waals surface area contributed by atoms with Crippen molar-refractivity contribution in [3.63, 3.8) is 0 Å². The van der Waals surface area contributed by atoms with E-state index in [9.17, 15) is 9.90 Å². The Labute approximate surface area is 185 Å². The first kappa shape index (κ1) is 21.3. The fourth-order valence-corrected chi connectivity index (χ4v) is 4.34. The molecule has 2 aliphatic rings. The molecule has 2 aliphatic heterocycles. The number of halogens is 1. The number of likely N-dealkylation sites (tertiary alicyclic amines) is 1. The summed E-state index contributed by atoms with van der Waals surface area (Å²) in [6.45, 7) is 2.56. The van der Waals surface area contributed by atoms with Gasteiger partial charge in [-0.05, 0) is 32.5 Å². The molecule has 4 rings (SSSR count). The summed E-state index contributed by atoms with van der Waals surface area (Å²) < 4.78 is 5.96. The fraction of sp³-hybridized carbons (Fsp3) is 0.550. The number of hydrogen-bond acceptors (Lipinski definition) is 8. The summed E-state index contributed by atoms with van der Waals surface area (Å²) in [5.74, 6) is 0.560. The van der Waals surface area contributed by atoms with Crippen molar-refractivity contribution in [3.8, 4) is 12.1 Å². The number of nitrogens with zero attached hydrogens (tertiary/aromatic N) is 7. The maximum Gasteiger partial charge on any atom is 0.407 e. The zero-order valence-corrected chi connectivity index (χ0v) is 18.0. The topological polar surface area (TPSA) is 119 Å². The van der Waals surface area contributed by atoms with E-state index in [1.165, 1.54) is 11.1 Å². The predicted octanol–water partition coefficient (Wildman–Crippen LogP) is 2.23. The van der Waals surface area contributed by atoms with E-state index >= 15 is 0 Å². The van der Waals surface area contributed by atoms with Crippen molar-refractivity contribution in [2.24, 2.45) is 0 Å². The van der Waals surface area contributed by atoms with Crippen LogP contribution >= 0.6 is 11.6 Å². The Balaban J connectivity index is 1.64. The molecule has 0 saturated carbocycles. The summed E-state index contributed by atoms with van der Waals surface area (Å²) >= 11 is 6.14. The van der Waals surface area contributed by atoms with Crippen molar-refractivity contribution in [3.05, 3.63) is 17.3 Å². The highest BCUT2D eigenvalue weighted by molar-refractivity contribution is 6.31. The number of likely N-dealkylation sites (N-methyl/N-ethyl adjacent to an activating group) is 1. The summed E-state index contributed by atoms with van der Waals surface area (Å²) in [6.07, 6.45) is 2.81. The molecule has 11 heteroatoms. The summed E-state index contributed by atoms with van der Waals surface area (Å²) in [7, 11) is 2.08. The minimum absolute atomic E-state index is 0.0996. The van der Waals surface area contributed by atoms with E-state index in [1.807, 2.05) is 4.90 Å². The minimum Gasteiger partial charge on any atom is -0.465 e. The third-order valence-corrected chi connectivity index (χ3v) is 6.10. The number of hydrogen-bond donors (Lipinski definition) is 1. The molecule has 0 aromatic carbocycles. The van der Waals surface area contributed by atoms with E-state index in [0.717, 1.165) is 19.4 Å². The van der Waals surface area contributed by atoms with Crippen molar-refractivity contribution in [2.75, 3.05) is 44.7 Å². The highest BCUT2D eigenvalue weighted by Gasteiger charge is 2.32. The molecule has 2 saturated heterocycles. The van der Waals surface area contributed by atoms with E-state index in [1.54, 1.807) is 6.07 Å². The Morgan fingerprint density at radius 2 is 2.19 bits per heavy atom. The van der Waals surface area contributed by atoms with Gasteiger partial charge >= 0.3 is 12.1 Å². The summed E-state index contributed by atoms with van der Waals surface area (Å²) in [6, 6.07) is 3.90. The Morgan fingerprint density at radius 1 is 1.35 bits per heavy atom. The molecule has 1 amide bonds. The van der Waals surface area contributed by atoms with Gasteiger partial charge < -0.3 is 24.5 Å². The van der Waals surface area contributed by atoms with Gasteiger partial charge in [0, 0.05) is 31.9 Å². The largest absolute Gasteiger partial charge is 0.465 e. The molecule has 2 atom stereocenters. The smallest absolute Gasteiger partial charge is 0.407 e. The molecule has 2 fully saturated rings. The van der Waals surface area contributed by atoms with Crippen LogP contribution in [-0.2, 0) is 0 Å². The number of rotatable bonds is 5. The van der Waals surface area contributed by atoms with Gasteiger partial charge in [0.05, 0.1) is 29.1 Å². The molecule has 2 aromatic heterocycles. The van der Waals surface area contributed by atoms with Crippen molar-refractivity contribution < 1.29 is 14.6 Å². The number of aromatic nitrogens is 3. The zero-order valence-electron chi connectivity index (χ0n) is 17.2. The number of piperazine rings is 1. The lowest BCUT2D eigenvalue weighted by Crippen LogP contribution is -2.55. The van der Waals surface area contributed by atoms with Crippen LogP contribution in [0.3, 0.4) is 0 Å². The first-order valence-corrected chi connectivity index (χ1v) is 10.6. The summed E-state index contributed by atoms with van der Waals surface area (Å²) in [5, 5.41) is 19.1. The number of carboxylic acid groups (broad SMARTS) is 1. The average Bonchev–Trinajstić information content (AvgIpc) is 3.16. The second-order valence-electron chi connectivity index (χ2n) is 7.88. The zero-order chi connectivity index (χ0) is 22.0. The number of anilines is 1. The molecule has 0 unspecified atom stereocenters. The first-order valence-electron chi connectivity index (χ1n) is 10.2. The van der Waals surface area contributed by atoms with Crippen molar-refractivity contribution in [1.29, 1.82) is 5.26 Å². The second kappa shape index (κ2) is 9.08. The second-order valence-corrected chi connectivity index (χ2v) is 8.31. The molecule has 31 heavy (non-hydrogen) atoms. The monoisotopic (exact) mass is 445 g/mol. The molecule has 1 N–H and O–H groups in total. The summed E-state index contributed by atoms with van der Waals surface area (Å²) in [5.41, 5.74) is 1.12. The van der Waals surface area contributed by atoms with Crippen molar-refractivity contribution in [2.45, 2.75) is 31.3 Å². The Bertz CT molecular complexity index is 1010. The maximum atomic E-state index is 11.5. The number of pyridine rings is 1. The Kier molecular flexibility index (Phi) is 6.25. The normalized spacial score (nSPS) is 22.0. The lowest BCUT2D eigenvalue weighted by molar-refractivity contribution is 0.119. The molecule has 4 heterocycles. The summed E-state index contributed by atoms with van der Waals surface area (Å²) in [4.78, 5) is 30.6. The van der Waals surface area contributed by atoms with E-state index in [-0.39, 0.29) is 19.0 Å². The molecular weight excluding hydrogens is 422 g/mol. The van der Waals surface area contributed by atoms with Gasteiger partial charge in [0.25, 0.3) is 0 Å². The highest BCUT2D eigenvalue weighted by atomic mass is 35.5. The standard InChI is InChI=1S/C20H24ClN7O3/c1-26-6-2-3-15(26)12-31-19-24-16-9-13(21)10-23-17(16)18(25-19)27-7-8-28(20(29)30)14(11-27)4-5-22/h9-10,14-15H,2-4,6-8,11-12H2,1H3,(H,29,30)/t14-,15-/m0/s1. The van der Waals surface area contributed by atoms with Crippen molar-refractivity contribution in [1.82, 2.24) is 24.8 Å². The predicted molar refractivity (Wildman–Crippen MR) is 114 cm³/mol. The SMILES string of the molecule is CN1CCC[C@H]1COc1nc(N2CCN(C(=O)O)[C@@H](CC#N)C2)c2ncc(Cl)cc2n1. The van der Waals surface area contributed by atoms with Crippen LogP contribution in [0.5, 0.6) is 6.01 Å². The van der Waals surface area contributed by atoms with Gasteiger partial charge in [0.1, 0.15) is 12.1 Å². The highest BCUT2D eigenvalue weighted by Crippen LogP contribution is 2.29. The Morgan fingerprint density at radius 3 is 2.90 bits per heavy atom. The quantitative estimate of drug-likeness (QED) is 0.738. The van der Waals surface area contributed by atoms with E-state index in [2.05, 4.69) is 33.0 Å². The van der Waals surface area contributed by atoms with Gasteiger partial charge in [-0.3, -0.25) is 0 Å². The van der Waals surface area contributed by atoms with Crippen LogP contribution in [0.25, 0.3) is 11.0 Å². The van der Waals surface area contributed by atoms with Crippen LogP contribution in [0.4, 0.5) is 10.6 Å². The van der Waals surface area contributed by atoms with Crippen LogP contribution < -0.4 is 9.64 Å². The number of ether oxygens (including phenoxy) is 1. The number of amides is 1. The number of nitriles is 1. The average molecular weight is 446 g/mol. The van der Waals surface area contributed by atoms with Crippen molar-refractivity contribution >= 4 is 34.5 Å². The maximum absolute atomic E-state index is 11.5. The van der Waals surface area contributed by atoms with Gasteiger partial charge in [0.15, 0.2) is 5.82 Å². The molecular formula is C20H24ClN7O3. The van der Waals surface area contributed by atoms with Crippen LogP contribution in [0.2, 0.25) is 5.02 Å². The molecule has 10 nitrogen and oxygen atoms in total. The lowest BCUT2D eigenvalue weighted by Gasteiger charge is -2.39. The van der Waals surface area contributed by atoms with Gasteiger partial charge in [-0.2, -0.15) is 15.2 Å². The van der Waals surface area contributed by atoms with Crippen LogP contribution in [0.15, 0.2) is 12.3 Å². The van der Waals surface area contributed by atoms with E-state index < -0.39 is 12.1 Å². The molecule has 0 radical (unpaired) electrons. The fourth-order valence-electron chi connectivity index (χ4n) is 4.18. The van der Waals surface area contributed by atoms with Gasteiger partial charge in [-0.15, -0.1) is 0 Å². The molecule has 164 valence electrons. The third kappa shape index (κ3) is 4.57. The van der Waals surface area contributed by atoms with E-state index in [4.69, 9.17) is 21.6 Å². The first-order chi connectivity index (χ1) is 15.0. The number of fused-ring (bicyclic) bond motifs is 1. The molecule has 0 aliphatic carbocycles. The van der Waals surface area contributed by atoms with Gasteiger partial charge in [-0.25, -0.2) is 9.78 Å². The van der Waals surface area contributed by atoms with Crippen LogP contribution in [0.1, 0.15) is 19.3 Å². The van der Waals surface area contributed by atoms with Crippen LogP contribution in [-0.4, -0.2) is 87.9 Å². The Hall–Kier alpha value is -2.90. The molecule has 0 bridgehead atoms. The molecule has 2 aromatic rings. The van der Waals surface area contributed by atoms with E-state index in [0.29, 0.717) is 47.6 Å². The minimum atomic E-state index is -1.03. The van der Waals surface area contributed by atoms with Gasteiger partial charge in [0.2, 0.25) is 0 Å². The third-order valence-electron chi connectivity index (χ3n) is 5.89. The number of carbonyl (C=O) groups is 1.